The summed E-state index contributed by atoms with van der Waals surface area (Å²) in [5.41, 5.74) is -0.899. The van der Waals surface area contributed by atoms with Crippen LogP contribution in [0.3, 0.4) is 0 Å². The molecule has 1 N–H and O–H groups in total. The molecule has 0 aromatic carbocycles. The van der Waals surface area contributed by atoms with E-state index in [0.29, 0.717) is 32.3 Å². The van der Waals surface area contributed by atoms with Crippen molar-refractivity contribution in [3.8, 4) is 6.07 Å². The molecule has 1 heterocycles. The van der Waals surface area contributed by atoms with Crippen LogP contribution in [0.1, 0.15) is 38.4 Å². The molecular weight excluding hydrogens is 260 g/mol. The third-order valence-corrected chi connectivity index (χ3v) is 3.63. The van der Waals surface area contributed by atoms with Crippen LogP contribution in [0.15, 0.2) is 6.33 Å². The molecule has 0 spiro atoms. The molecular formula is C13H18N4O3. The number of nitrogens with zero attached hydrogens (tertiary/aromatic N) is 4. The predicted octanol–water partition coefficient (Wildman–Crippen LogP) is 0.634. The third-order valence-electron chi connectivity index (χ3n) is 3.63. The second kappa shape index (κ2) is 6.01. The Labute approximate surface area is 117 Å². The van der Waals surface area contributed by atoms with Crippen LogP contribution in [0.4, 0.5) is 0 Å². The molecule has 0 saturated heterocycles. The largest absolute Gasteiger partial charge is 0.466 e. The summed E-state index contributed by atoms with van der Waals surface area (Å²) in [5, 5.41) is 23.1. The standard InChI is InChI=1S/C13H18N4O3/c1-2-20-12(18)10-3-5-13(19,6-4-10)8-17-9-15-11(7-14)16-17/h9-10,19H,2-6,8H2,1H3. The van der Waals surface area contributed by atoms with E-state index in [9.17, 15) is 9.90 Å². The Balaban J connectivity index is 1.91. The average Bonchev–Trinajstić information content (AvgIpc) is 2.87. The fourth-order valence-corrected chi connectivity index (χ4v) is 2.53. The summed E-state index contributed by atoms with van der Waals surface area (Å²) in [4.78, 5) is 15.4. The average molecular weight is 278 g/mol. The topological polar surface area (TPSA) is 101 Å². The van der Waals surface area contributed by atoms with Crippen LogP contribution in [0.2, 0.25) is 0 Å². The first-order valence-corrected chi connectivity index (χ1v) is 6.75. The number of ether oxygens (including phenoxy) is 1. The van der Waals surface area contributed by atoms with E-state index in [2.05, 4.69) is 10.1 Å². The summed E-state index contributed by atoms with van der Waals surface area (Å²) in [6, 6.07) is 1.85. The van der Waals surface area contributed by atoms with Crippen LogP contribution >= 0.6 is 0 Å². The van der Waals surface area contributed by atoms with Gasteiger partial charge in [0.2, 0.25) is 0 Å². The highest BCUT2D eigenvalue weighted by atomic mass is 16.5. The number of aliphatic hydroxyl groups is 1. The van der Waals surface area contributed by atoms with Crippen LogP contribution in [0.5, 0.6) is 0 Å². The normalized spacial score (nSPS) is 25.9. The number of hydrogen-bond donors (Lipinski definition) is 1. The van der Waals surface area contributed by atoms with Crippen molar-refractivity contribution in [3.05, 3.63) is 12.2 Å². The lowest BCUT2D eigenvalue weighted by Gasteiger charge is -2.34. The van der Waals surface area contributed by atoms with Crippen LogP contribution in [-0.4, -0.2) is 38.0 Å². The Morgan fingerprint density at radius 1 is 1.65 bits per heavy atom. The van der Waals surface area contributed by atoms with Crippen LogP contribution in [0, 0.1) is 17.2 Å². The van der Waals surface area contributed by atoms with Crippen molar-refractivity contribution in [3.63, 3.8) is 0 Å². The van der Waals surface area contributed by atoms with Crippen molar-refractivity contribution in [1.29, 1.82) is 5.26 Å². The lowest BCUT2D eigenvalue weighted by molar-refractivity contribution is -0.151. The molecule has 0 atom stereocenters. The van der Waals surface area contributed by atoms with Crippen molar-refractivity contribution < 1.29 is 14.6 Å². The third kappa shape index (κ3) is 3.33. The zero-order valence-electron chi connectivity index (χ0n) is 11.4. The molecule has 0 bridgehead atoms. The zero-order chi connectivity index (χ0) is 14.6. The number of esters is 1. The zero-order valence-corrected chi connectivity index (χ0v) is 11.4. The minimum atomic E-state index is -0.899. The summed E-state index contributed by atoms with van der Waals surface area (Å²) in [6.45, 7) is 2.46. The van der Waals surface area contributed by atoms with Crippen molar-refractivity contribution >= 4 is 5.97 Å². The fraction of sp³-hybridized carbons (Fsp3) is 0.692. The van der Waals surface area contributed by atoms with Crippen molar-refractivity contribution in [1.82, 2.24) is 14.8 Å². The molecule has 1 aliphatic carbocycles. The van der Waals surface area contributed by atoms with Gasteiger partial charge in [-0.3, -0.25) is 4.79 Å². The van der Waals surface area contributed by atoms with E-state index < -0.39 is 5.60 Å². The second-order valence-corrected chi connectivity index (χ2v) is 5.13. The van der Waals surface area contributed by atoms with Crippen molar-refractivity contribution in [2.24, 2.45) is 5.92 Å². The van der Waals surface area contributed by atoms with Gasteiger partial charge in [0, 0.05) is 0 Å². The highest BCUT2D eigenvalue weighted by Crippen LogP contribution is 2.33. The molecule has 0 radical (unpaired) electrons. The number of rotatable bonds is 4. The van der Waals surface area contributed by atoms with Gasteiger partial charge in [0.05, 0.1) is 24.7 Å². The van der Waals surface area contributed by atoms with Gasteiger partial charge in [-0.2, -0.15) is 5.26 Å². The number of nitriles is 1. The Bertz CT molecular complexity index is 512. The predicted molar refractivity (Wildman–Crippen MR) is 68.3 cm³/mol. The summed E-state index contributed by atoms with van der Waals surface area (Å²) < 4.78 is 6.48. The van der Waals surface area contributed by atoms with Crippen molar-refractivity contribution in [2.45, 2.75) is 44.8 Å². The van der Waals surface area contributed by atoms with E-state index in [0.717, 1.165) is 0 Å². The molecule has 1 fully saturated rings. The molecule has 0 amide bonds. The summed E-state index contributed by atoms with van der Waals surface area (Å²) >= 11 is 0. The van der Waals surface area contributed by atoms with Gasteiger partial charge in [-0.1, -0.05) is 0 Å². The van der Waals surface area contributed by atoms with E-state index in [1.54, 1.807) is 6.92 Å². The van der Waals surface area contributed by atoms with Gasteiger partial charge in [-0.05, 0) is 32.6 Å². The maximum absolute atomic E-state index is 11.6. The van der Waals surface area contributed by atoms with Gasteiger partial charge in [-0.25, -0.2) is 9.67 Å². The van der Waals surface area contributed by atoms with E-state index >= 15 is 0 Å². The van der Waals surface area contributed by atoms with Gasteiger partial charge in [0.25, 0.3) is 5.82 Å². The molecule has 1 aliphatic rings. The van der Waals surface area contributed by atoms with Gasteiger partial charge < -0.3 is 9.84 Å². The van der Waals surface area contributed by atoms with E-state index in [-0.39, 0.29) is 24.3 Å². The molecule has 1 aromatic rings. The Morgan fingerprint density at radius 2 is 2.35 bits per heavy atom. The van der Waals surface area contributed by atoms with E-state index in [4.69, 9.17) is 10.00 Å². The highest BCUT2D eigenvalue weighted by Gasteiger charge is 2.36. The summed E-state index contributed by atoms with van der Waals surface area (Å²) in [5.74, 6) is -0.212. The molecule has 1 aromatic heterocycles. The second-order valence-electron chi connectivity index (χ2n) is 5.13. The van der Waals surface area contributed by atoms with Gasteiger partial charge >= 0.3 is 5.97 Å². The Kier molecular flexibility index (Phi) is 4.35. The number of hydrogen-bond acceptors (Lipinski definition) is 6. The van der Waals surface area contributed by atoms with Gasteiger partial charge in [0.1, 0.15) is 12.4 Å². The Hall–Kier alpha value is -1.94. The first-order chi connectivity index (χ1) is 9.56. The molecule has 2 rings (SSSR count). The number of carbonyl (C=O) groups is 1. The maximum atomic E-state index is 11.6. The Morgan fingerprint density at radius 3 is 2.90 bits per heavy atom. The SMILES string of the molecule is CCOC(=O)C1CCC(O)(Cn2cnc(C#N)n2)CC1. The molecule has 108 valence electrons. The smallest absolute Gasteiger partial charge is 0.308 e. The van der Waals surface area contributed by atoms with Gasteiger partial charge in [0.15, 0.2) is 0 Å². The number of aromatic nitrogens is 3. The minimum absolute atomic E-state index is 0.0915. The summed E-state index contributed by atoms with van der Waals surface area (Å²) in [6.07, 6.45) is 3.68. The summed E-state index contributed by atoms with van der Waals surface area (Å²) in [7, 11) is 0. The van der Waals surface area contributed by atoms with Crippen molar-refractivity contribution in [2.75, 3.05) is 6.61 Å². The van der Waals surface area contributed by atoms with Gasteiger partial charge in [-0.15, -0.1) is 5.10 Å². The van der Waals surface area contributed by atoms with E-state index in [1.807, 2.05) is 6.07 Å². The fourth-order valence-electron chi connectivity index (χ4n) is 2.53. The lowest BCUT2D eigenvalue weighted by atomic mass is 9.79. The number of carbonyl (C=O) groups excluding carboxylic acids is 1. The molecule has 0 aliphatic heterocycles. The molecule has 7 nitrogen and oxygen atoms in total. The first-order valence-electron chi connectivity index (χ1n) is 6.75. The quantitative estimate of drug-likeness (QED) is 0.811. The van der Waals surface area contributed by atoms with Crippen LogP contribution in [0.25, 0.3) is 0 Å². The monoisotopic (exact) mass is 278 g/mol. The first kappa shape index (κ1) is 14.5. The lowest BCUT2D eigenvalue weighted by Crippen LogP contribution is -2.40. The highest BCUT2D eigenvalue weighted by molar-refractivity contribution is 5.72. The van der Waals surface area contributed by atoms with Crippen LogP contribution < -0.4 is 0 Å². The molecule has 7 heteroatoms. The maximum Gasteiger partial charge on any atom is 0.308 e. The molecule has 20 heavy (non-hydrogen) atoms. The van der Waals surface area contributed by atoms with Crippen LogP contribution in [-0.2, 0) is 16.1 Å². The molecule has 0 unspecified atom stereocenters. The van der Waals surface area contributed by atoms with E-state index in [1.165, 1.54) is 11.0 Å². The molecule has 1 saturated carbocycles. The minimum Gasteiger partial charge on any atom is -0.466 e.